The summed E-state index contributed by atoms with van der Waals surface area (Å²) in [5.74, 6) is 0.479. The molecule has 0 aromatic carbocycles. The third kappa shape index (κ3) is 4.40. The average molecular weight is 418 g/mol. The predicted octanol–water partition coefficient (Wildman–Crippen LogP) is 2.21. The monoisotopic (exact) mass is 417 g/mol. The van der Waals surface area contributed by atoms with Crippen LogP contribution in [-0.2, 0) is 4.74 Å². The maximum absolute atomic E-state index is 14.4. The Morgan fingerprint density at radius 2 is 2.11 bits per heavy atom. The van der Waals surface area contributed by atoms with Crippen LogP contribution in [-0.4, -0.2) is 69.3 Å². The molecule has 2 aromatic rings. The van der Waals surface area contributed by atoms with Crippen molar-refractivity contribution in [2.24, 2.45) is 0 Å². The summed E-state index contributed by atoms with van der Waals surface area (Å²) >= 11 is 6.05. The Bertz CT molecular complexity index is 802. The highest BCUT2D eigenvalue weighted by Gasteiger charge is 2.45. The van der Waals surface area contributed by atoms with Crippen LogP contribution in [0, 0.1) is 0 Å². The average Bonchev–Trinajstić information content (AvgIpc) is 3.12. The first-order valence-corrected chi connectivity index (χ1v) is 13.0. The van der Waals surface area contributed by atoms with E-state index in [-0.39, 0.29) is 5.28 Å². The van der Waals surface area contributed by atoms with Crippen LogP contribution in [0.15, 0.2) is 6.33 Å². The molecule has 3 N–H and O–H groups in total. The van der Waals surface area contributed by atoms with Gasteiger partial charge >= 0.3 is 0 Å². The van der Waals surface area contributed by atoms with Gasteiger partial charge in [0, 0.05) is 14.6 Å². The van der Waals surface area contributed by atoms with Crippen LogP contribution in [0.3, 0.4) is 0 Å². The molecule has 0 spiro atoms. The van der Waals surface area contributed by atoms with Gasteiger partial charge in [-0.05, 0) is 18.0 Å². The van der Waals surface area contributed by atoms with Crippen molar-refractivity contribution in [1.29, 1.82) is 0 Å². The summed E-state index contributed by atoms with van der Waals surface area (Å²) < 4.78 is 21.3. The number of aliphatic hydroxyl groups is 2. The third-order valence-corrected chi connectivity index (χ3v) is 6.56. The Balaban J connectivity index is 1.83. The minimum absolute atomic E-state index is 0.00427. The van der Waals surface area contributed by atoms with E-state index in [2.05, 4.69) is 39.9 Å². The summed E-state index contributed by atoms with van der Waals surface area (Å²) in [6.45, 7) is 7.19. The lowest BCUT2D eigenvalue weighted by Gasteiger charge is -2.16. The van der Waals surface area contributed by atoms with Crippen LogP contribution >= 0.6 is 11.6 Å². The van der Waals surface area contributed by atoms with Gasteiger partial charge in [0.25, 0.3) is 0 Å². The number of hydrogen-bond donors (Lipinski definition) is 3. The van der Waals surface area contributed by atoms with E-state index < -0.39 is 39.3 Å². The molecule has 0 amide bonds. The molecule has 4 unspecified atom stereocenters. The van der Waals surface area contributed by atoms with Crippen molar-refractivity contribution in [3.63, 3.8) is 0 Å². The molecule has 4 atom stereocenters. The number of alkyl halides is 1. The van der Waals surface area contributed by atoms with E-state index in [9.17, 15) is 14.6 Å². The highest BCUT2D eigenvalue weighted by molar-refractivity contribution is 6.76. The lowest BCUT2D eigenvalue weighted by molar-refractivity contribution is -0.0459. The summed E-state index contributed by atoms with van der Waals surface area (Å²) in [7, 11) is -1.12. The van der Waals surface area contributed by atoms with Gasteiger partial charge in [-0.1, -0.05) is 25.7 Å². The standard InChI is InChI=1S/C16H25ClFN5O3Si/c1-27(2,3)6-4-5-19-13-11-14(22-16(17)21-13)23(8-20-11)15-10(18)12(25)9(7-24)26-15/h8-10,12,15,24-25H,4-7H2,1-3H3,(H,19,21,22). The lowest BCUT2D eigenvalue weighted by Crippen LogP contribution is -2.30. The molecular formula is C16H25ClFN5O3Si. The first-order chi connectivity index (χ1) is 12.7. The minimum Gasteiger partial charge on any atom is -0.394 e. The van der Waals surface area contributed by atoms with Gasteiger partial charge in [0.15, 0.2) is 29.4 Å². The van der Waals surface area contributed by atoms with Crippen molar-refractivity contribution >= 4 is 36.7 Å². The highest BCUT2D eigenvalue weighted by Crippen LogP contribution is 2.34. The second-order valence-corrected chi connectivity index (χ2v) is 13.9. The van der Waals surface area contributed by atoms with E-state index in [0.29, 0.717) is 17.0 Å². The molecule has 8 nitrogen and oxygen atoms in total. The molecular weight excluding hydrogens is 393 g/mol. The van der Waals surface area contributed by atoms with E-state index >= 15 is 0 Å². The molecule has 3 heterocycles. The second kappa shape index (κ2) is 7.96. The van der Waals surface area contributed by atoms with Gasteiger partial charge in [-0.3, -0.25) is 4.57 Å². The molecule has 0 radical (unpaired) electrons. The maximum atomic E-state index is 14.4. The summed E-state index contributed by atoms with van der Waals surface area (Å²) in [6, 6.07) is 1.18. The van der Waals surface area contributed by atoms with Crippen molar-refractivity contribution in [2.75, 3.05) is 18.5 Å². The predicted molar refractivity (Wildman–Crippen MR) is 103 cm³/mol. The van der Waals surface area contributed by atoms with E-state index in [0.717, 1.165) is 13.0 Å². The fraction of sp³-hybridized carbons (Fsp3) is 0.688. The Hall–Kier alpha value is -1.33. The number of nitrogens with one attached hydrogen (secondary N) is 1. The number of hydrogen-bond acceptors (Lipinski definition) is 7. The zero-order valence-corrected chi connectivity index (χ0v) is 17.3. The van der Waals surface area contributed by atoms with E-state index in [1.165, 1.54) is 16.9 Å². The molecule has 1 saturated heterocycles. The topological polar surface area (TPSA) is 105 Å². The quantitative estimate of drug-likeness (QED) is 0.360. The third-order valence-electron chi connectivity index (χ3n) is 4.54. The molecule has 0 bridgehead atoms. The van der Waals surface area contributed by atoms with Crippen molar-refractivity contribution in [3.05, 3.63) is 11.6 Å². The molecule has 150 valence electrons. The van der Waals surface area contributed by atoms with E-state index in [4.69, 9.17) is 16.3 Å². The first-order valence-electron chi connectivity index (χ1n) is 8.93. The van der Waals surface area contributed by atoms with Crippen LogP contribution < -0.4 is 5.32 Å². The van der Waals surface area contributed by atoms with Gasteiger partial charge in [0.1, 0.15) is 12.2 Å². The smallest absolute Gasteiger partial charge is 0.226 e. The zero-order valence-electron chi connectivity index (χ0n) is 15.6. The summed E-state index contributed by atoms with van der Waals surface area (Å²) in [5, 5.41) is 22.3. The molecule has 2 aromatic heterocycles. The highest BCUT2D eigenvalue weighted by atomic mass is 35.5. The Morgan fingerprint density at radius 3 is 2.74 bits per heavy atom. The molecule has 11 heteroatoms. The van der Waals surface area contributed by atoms with Crippen molar-refractivity contribution in [1.82, 2.24) is 19.5 Å². The van der Waals surface area contributed by atoms with E-state index in [1.54, 1.807) is 0 Å². The van der Waals surface area contributed by atoms with E-state index in [1.807, 2.05) is 0 Å². The van der Waals surface area contributed by atoms with Crippen LogP contribution in [0.5, 0.6) is 0 Å². The van der Waals surface area contributed by atoms with Gasteiger partial charge in [-0.15, -0.1) is 0 Å². The number of nitrogens with zero attached hydrogens (tertiary/aromatic N) is 4. The van der Waals surface area contributed by atoms with Gasteiger partial charge in [0.2, 0.25) is 5.28 Å². The number of fused-ring (bicyclic) bond motifs is 1. The van der Waals surface area contributed by atoms with Gasteiger partial charge in [-0.25, -0.2) is 9.37 Å². The lowest BCUT2D eigenvalue weighted by atomic mass is 10.1. The van der Waals surface area contributed by atoms with Crippen LogP contribution in [0.1, 0.15) is 12.6 Å². The number of rotatable bonds is 7. The molecule has 0 saturated carbocycles. The Labute approximate surface area is 162 Å². The first kappa shape index (κ1) is 20.4. The molecule has 0 aliphatic carbocycles. The van der Waals surface area contributed by atoms with Gasteiger partial charge in [0.05, 0.1) is 12.9 Å². The zero-order chi connectivity index (χ0) is 19.8. The summed E-state index contributed by atoms with van der Waals surface area (Å²) in [4.78, 5) is 12.6. The SMILES string of the molecule is C[Si](C)(C)CCCNc1nc(Cl)nc2c1ncn2C1OC(CO)C(O)C1F. The number of aromatic nitrogens is 4. The van der Waals surface area contributed by atoms with Crippen molar-refractivity contribution in [3.8, 4) is 0 Å². The summed E-state index contributed by atoms with van der Waals surface area (Å²) in [5.41, 5.74) is 0.756. The number of ether oxygens (including phenoxy) is 1. The number of imidazole rings is 1. The van der Waals surface area contributed by atoms with Crippen LogP contribution in [0.4, 0.5) is 10.2 Å². The Kier molecular flexibility index (Phi) is 6.01. The van der Waals surface area contributed by atoms with Gasteiger partial charge < -0.3 is 20.3 Å². The maximum Gasteiger partial charge on any atom is 0.226 e. The number of halogens is 2. The largest absolute Gasteiger partial charge is 0.394 e. The molecule has 1 aliphatic rings. The Morgan fingerprint density at radius 1 is 1.37 bits per heavy atom. The molecule has 1 aliphatic heterocycles. The second-order valence-electron chi connectivity index (χ2n) is 7.94. The molecule has 27 heavy (non-hydrogen) atoms. The van der Waals surface area contributed by atoms with Crippen LogP contribution in [0.25, 0.3) is 11.2 Å². The fourth-order valence-corrected chi connectivity index (χ4v) is 4.51. The minimum atomic E-state index is -1.72. The normalized spacial score (nSPS) is 26.0. The van der Waals surface area contributed by atoms with Gasteiger partial charge in [-0.2, -0.15) is 9.97 Å². The number of anilines is 1. The van der Waals surface area contributed by atoms with Crippen LogP contribution in [0.2, 0.25) is 31.0 Å². The number of aliphatic hydroxyl groups excluding tert-OH is 2. The fourth-order valence-electron chi connectivity index (χ4n) is 3.10. The van der Waals surface area contributed by atoms with Crippen molar-refractivity contribution < 1.29 is 19.3 Å². The van der Waals surface area contributed by atoms with Crippen molar-refractivity contribution in [2.45, 2.75) is 56.7 Å². The summed E-state index contributed by atoms with van der Waals surface area (Å²) in [6.07, 6.45) is -2.91. The molecule has 3 rings (SSSR count). The molecule has 1 fully saturated rings.